The molecule has 0 saturated carbocycles. The van der Waals surface area contributed by atoms with E-state index in [4.69, 9.17) is 26.2 Å². The number of alkyl halides is 3. The molecule has 4 nitrogen and oxygen atoms in total. The second-order valence-corrected chi connectivity index (χ2v) is 7.06. The Morgan fingerprint density at radius 3 is 2.25 bits per heavy atom. The lowest BCUT2D eigenvalue weighted by atomic mass is 10.1. The van der Waals surface area contributed by atoms with Crippen molar-refractivity contribution in [3.05, 3.63) is 94.5 Å². The summed E-state index contributed by atoms with van der Waals surface area (Å²) in [5, 5.41) is 9.19. The molecule has 0 amide bonds. The van der Waals surface area contributed by atoms with E-state index in [1.165, 1.54) is 12.1 Å². The smallest absolute Gasteiger partial charge is 0.416 e. The molecular formula is C24H18ClF3O4. The molecular weight excluding hydrogens is 445 g/mol. The Morgan fingerprint density at radius 1 is 0.938 bits per heavy atom. The summed E-state index contributed by atoms with van der Waals surface area (Å²) in [5.74, 6) is 0.0865. The van der Waals surface area contributed by atoms with Crippen LogP contribution in [-0.4, -0.2) is 17.7 Å². The molecule has 0 fully saturated rings. The first-order chi connectivity index (χ1) is 15.2. The van der Waals surface area contributed by atoms with E-state index >= 15 is 0 Å². The van der Waals surface area contributed by atoms with Gasteiger partial charge in [-0.05, 0) is 47.5 Å². The molecule has 32 heavy (non-hydrogen) atoms. The van der Waals surface area contributed by atoms with Gasteiger partial charge in [-0.1, -0.05) is 54.1 Å². The number of carboxylic acids is 1. The average molecular weight is 463 g/mol. The van der Waals surface area contributed by atoms with Gasteiger partial charge in [0.05, 0.1) is 17.0 Å². The summed E-state index contributed by atoms with van der Waals surface area (Å²) in [4.78, 5) is 11.0. The lowest BCUT2D eigenvalue weighted by Gasteiger charge is -2.13. The van der Waals surface area contributed by atoms with Gasteiger partial charge in [-0.3, -0.25) is 4.79 Å². The summed E-state index contributed by atoms with van der Waals surface area (Å²) < 4.78 is 49.4. The van der Waals surface area contributed by atoms with E-state index in [1.807, 2.05) is 0 Å². The number of para-hydroxylation sites is 2. The van der Waals surface area contributed by atoms with Gasteiger partial charge >= 0.3 is 12.1 Å². The Bertz CT molecular complexity index is 1110. The normalized spacial score (nSPS) is 11.5. The van der Waals surface area contributed by atoms with Crippen LogP contribution in [0.4, 0.5) is 13.2 Å². The van der Waals surface area contributed by atoms with Crippen molar-refractivity contribution in [2.75, 3.05) is 6.61 Å². The lowest BCUT2D eigenvalue weighted by Crippen LogP contribution is -2.04. The van der Waals surface area contributed by atoms with Crippen LogP contribution in [-0.2, 0) is 17.4 Å². The maximum absolute atomic E-state index is 12.6. The molecule has 0 radical (unpaired) electrons. The van der Waals surface area contributed by atoms with E-state index in [-0.39, 0.29) is 18.1 Å². The molecule has 0 heterocycles. The molecule has 3 rings (SSSR count). The SMILES string of the molecule is O=C(O)Cc1cccc(Oc2ccccc2OC/C=C/c2ccc(C(F)(F)F)cc2)c1Cl. The minimum Gasteiger partial charge on any atom is -0.486 e. The molecule has 3 aromatic carbocycles. The summed E-state index contributed by atoms with van der Waals surface area (Å²) in [5.41, 5.74) is 0.325. The molecule has 3 aromatic rings. The molecule has 0 spiro atoms. The van der Waals surface area contributed by atoms with Gasteiger partial charge < -0.3 is 14.6 Å². The average Bonchev–Trinajstić information content (AvgIpc) is 2.74. The molecule has 0 unspecified atom stereocenters. The molecule has 0 bridgehead atoms. The minimum absolute atomic E-state index is 0.147. The third-order valence-electron chi connectivity index (χ3n) is 4.34. The van der Waals surface area contributed by atoms with Gasteiger partial charge in [-0.2, -0.15) is 13.2 Å². The van der Waals surface area contributed by atoms with Gasteiger partial charge in [0, 0.05) is 0 Å². The summed E-state index contributed by atoms with van der Waals surface area (Å²) in [6.07, 6.45) is -1.29. The highest BCUT2D eigenvalue weighted by Crippen LogP contribution is 2.36. The van der Waals surface area contributed by atoms with Crippen molar-refractivity contribution in [2.45, 2.75) is 12.6 Å². The maximum atomic E-state index is 12.6. The third kappa shape index (κ3) is 6.28. The van der Waals surface area contributed by atoms with E-state index < -0.39 is 17.7 Å². The first-order valence-electron chi connectivity index (χ1n) is 9.46. The monoisotopic (exact) mass is 462 g/mol. The topological polar surface area (TPSA) is 55.8 Å². The fourth-order valence-corrected chi connectivity index (χ4v) is 3.04. The first kappa shape index (κ1) is 23.2. The number of carbonyl (C=O) groups is 1. The van der Waals surface area contributed by atoms with E-state index in [0.29, 0.717) is 28.4 Å². The van der Waals surface area contributed by atoms with E-state index in [9.17, 15) is 18.0 Å². The van der Waals surface area contributed by atoms with Crippen LogP contribution in [0, 0.1) is 0 Å². The summed E-state index contributed by atoms with van der Waals surface area (Å²) >= 11 is 6.28. The molecule has 0 aromatic heterocycles. The lowest BCUT2D eigenvalue weighted by molar-refractivity contribution is -0.138. The largest absolute Gasteiger partial charge is 0.486 e. The van der Waals surface area contributed by atoms with Crippen LogP contribution < -0.4 is 9.47 Å². The number of benzene rings is 3. The van der Waals surface area contributed by atoms with E-state index in [2.05, 4.69) is 0 Å². The Kier molecular flexibility index (Phi) is 7.43. The second-order valence-electron chi connectivity index (χ2n) is 6.68. The molecule has 0 aliphatic heterocycles. The number of rotatable bonds is 8. The van der Waals surface area contributed by atoms with Gasteiger partial charge in [-0.25, -0.2) is 0 Å². The number of ether oxygens (including phenoxy) is 2. The van der Waals surface area contributed by atoms with Crippen molar-refractivity contribution >= 4 is 23.6 Å². The number of carboxylic acid groups (broad SMARTS) is 1. The molecule has 1 N–H and O–H groups in total. The minimum atomic E-state index is -4.37. The standard InChI is InChI=1S/C24H18ClF3O4/c25-23-17(15-22(29)30)6-3-9-21(23)32-20-8-2-1-7-19(20)31-14-4-5-16-10-12-18(13-11-16)24(26,27)28/h1-13H,14-15H2,(H,29,30)/b5-4+. The van der Waals surface area contributed by atoms with Crippen molar-refractivity contribution in [1.29, 1.82) is 0 Å². The molecule has 0 saturated heterocycles. The molecule has 0 atom stereocenters. The van der Waals surface area contributed by atoms with Crippen LogP contribution in [0.15, 0.2) is 72.8 Å². The molecule has 166 valence electrons. The van der Waals surface area contributed by atoms with Crippen LogP contribution >= 0.6 is 11.6 Å². The number of hydrogen-bond acceptors (Lipinski definition) is 3. The highest BCUT2D eigenvalue weighted by atomic mass is 35.5. The zero-order valence-corrected chi connectivity index (χ0v) is 17.4. The quantitative estimate of drug-likeness (QED) is 0.397. The van der Waals surface area contributed by atoms with Crippen molar-refractivity contribution in [3.8, 4) is 17.2 Å². The molecule has 0 aliphatic carbocycles. The molecule has 8 heteroatoms. The Morgan fingerprint density at radius 2 is 1.59 bits per heavy atom. The fourth-order valence-electron chi connectivity index (χ4n) is 2.81. The van der Waals surface area contributed by atoms with Crippen molar-refractivity contribution < 1.29 is 32.5 Å². The highest BCUT2D eigenvalue weighted by Gasteiger charge is 2.29. The summed E-state index contributed by atoms with van der Waals surface area (Å²) in [6, 6.07) is 16.5. The fraction of sp³-hybridized carbons (Fsp3) is 0.125. The zero-order chi connectivity index (χ0) is 23.1. The van der Waals surface area contributed by atoms with Crippen LogP contribution in [0.3, 0.4) is 0 Å². The Labute approximate surface area is 187 Å². The van der Waals surface area contributed by atoms with E-state index in [1.54, 1.807) is 54.6 Å². The zero-order valence-electron chi connectivity index (χ0n) is 16.6. The third-order valence-corrected chi connectivity index (χ3v) is 4.77. The predicted octanol–water partition coefficient (Wildman–Crippen LogP) is 6.87. The maximum Gasteiger partial charge on any atom is 0.416 e. The Balaban J connectivity index is 1.66. The van der Waals surface area contributed by atoms with Crippen LogP contribution in [0.2, 0.25) is 5.02 Å². The van der Waals surface area contributed by atoms with Crippen LogP contribution in [0.25, 0.3) is 6.08 Å². The second kappa shape index (κ2) is 10.2. The van der Waals surface area contributed by atoms with Gasteiger partial charge in [-0.15, -0.1) is 0 Å². The number of hydrogen-bond donors (Lipinski definition) is 1. The van der Waals surface area contributed by atoms with E-state index in [0.717, 1.165) is 12.1 Å². The number of aliphatic carboxylic acids is 1. The van der Waals surface area contributed by atoms with Gasteiger partial charge in [0.15, 0.2) is 11.5 Å². The summed E-state index contributed by atoms with van der Waals surface area (Å²) in [6.45, 7) is 0.147. The van der Waals surface area contributed by atoms with Crippen molar-refractivity contribution in [1.82, 2.24) is 0 Å². The first-order valence-corrected chi connectivity index (χ1v) is 9.84. The predicted molar refractivity (Wildman–Crippen MR) is 115 cm³/mol. The van der Waals surface area contributed by atoms with Crippen molar-refractivity contribution in [3.63, 3.8) is 0 Å². The summed E-state index contributed by atoms with van der Waals surface area (Å²) in [7, 11) is 0. The Hall–Kier alpha value is -3.45. The molecule has 0 aliphatic rings. The van der Waals surface area contributed by atoms with Crippen LogP contribution in [0.5, 0.6) is 17.2 Å². The van der Waals surface area contributed by atoms with Crippen molar-refractivity contribution in [2.24, 2.45) is 0 Å². The van der Waals surface area contributed by atoms with Gasteiger partial charge in [0.2, 0.25) is 0 Å². The highest BCUT2D eigenvalue weighted by molar-refractivity contribution is 6.33. The number of halogens is 4. The van der Waals surface area contributed by atoms with Gasteiger partial charge in [0.1, 0.15) is 12.4 Å². The van der Waals surface area contributed by atoms with Crippen LogP contribution in [0.1, 0.15) is 16.7 Å². The van der Waals surface area contributed by atoms with Gasteiger partial charge in [0.25, 0.3) is 0 Å².